The zero-order valence-electron chi connectivity index (χ0n) is 11.5. The van der Waals surface area contributed by atoms with Crippen molar-refractivity contribution in [1.29, 1.82) is 0 Å². The van der Waals surface area contributed by atoms with E-state index in [1.807, 2.05) is 11.8 Å². The fourth-order valence-electron chi connectivity index (χ4n) is 2.20. The van der Waals surface area contributed by atoms with E-state index < -0.39 is 0 Å². The van der Waals surface area contributed by atoms with Gasteiger partial charge in [0.15, 0.2) is 5.17 Å². The van der Waals surface area contributed by atoms with Gasteiger partial charge in [0.25, 0.3) is 0 Å². The van der Waals surface area contributed by atoms with Crippen LogP contribution in [0.1, 0.15) is 21.9 Å². The van der Waals surface area contributed by atoms with E-state index >= 15 is 0 Å². The Kier molecular flexibility index (Phi) is 4.07. The van der Waals surface area contributed by atoms with E-state index in [1.165, 1.54) is 16.7 Å². The highest BCUT2D eigenvalue weighted by molar-refractivity contribution is 8.14. The average Bonchev–Trinajstić information content (AvgIpc) is 2.97. The first kappa shape index (κ1) is 13.3. The van der Waals surface area contributed by atoms with E-state index in [4.69, 9.17) is 0 Å². The zero-order chi connectivity index (χ0) is 13.8. The molecule has 0 spiro atoms. The lowest BCUT2D eigenvalue weighted by molar-refractivity contribution is 0.911. The molecular weight excluding hydrogens is 264 g/mol. The third-order valence-electron chi connectivity index (χ3n) is 3.39. The molecule has 2 aromatic rings. The Bertz CT molecular complexity index is 590. The first-order chi connectivity index (χ1) is 9.81. The first-order valence-electron chi connectivity index (χ1n) is 6.87. The molecule has 2 nitrogen and oxygen atoms in total. The van der Waals surface area contributed by atoms with Crippen LogP contribution in [-0.2, 0) is 6.54 Å². The lowest BCUT2D eigenvalue weighted by Gasteiger charge is -2.09. The van der Waals surface area contributed by atoms with Gasteiger partial charge in [-0.1, -0.05) is 71.9 Å². The molecule has 1 N–H and O–H groups in total. The molecule has 0 fully saturated rings. The highest BCUT2D eigenvalue weighted by atomic mass is 32.2. The second kappa shape index (κ2) is 6.14. The summed E-state index contributed by atoms with van der Waals surface area (Å²) in [6, 6.07) is 19.2. The average molecular weight is 282 g/mol. The minimum Gasteiger partial charge on any atom is -0.361 e. The summed E-state index contributed by atoms with van der Waals surface area (Å²) < 4.78 is 0. The Balaban J connectivity index is 1.54. The molecule has 1 heterocycles. The third kappa shape index (κ3) is 3.23. The van der Waals surface area contributed by atoms with Crippen molar-refractivity contribution in [3.63, 3.8) is 0 Å². The fraction of sp³-hybridized carbons (Fsp3) is 0.235. The SMILES string of the molecule is Cc1ccc(CNC2=NCC(c3ccccc3)S2)cc1. The molecule has 0 aliphatic carbocycles. The molecule has 1 aliphatic heterocycles. The van der Waals surface area contributed by atoms with E-state index in [2.05, 4.69) is 71.8 Å². The van der Waals surface area contributed by atoms with Crippen LogP contribution < -0.4 is 5.32 Å². The topological polar surface area (TPSA) is 24.4 Å². The minimum absolute atomic E-state index is 0.455. The van der Waals surface area contributed by atoms with Gasteiger partial charge in [0.05, 0.1) is 11.8 Å². The predicted molar refractivity (Wildman–Crippen MR) is 87.1 cm³/mol. The molecule has 0 saturated carbocycles. The maximum absolute atomic E-state index is 4.59. The number of aliphatic imine (C=N–C) groups is 1. The van der Waals surface area contributed by atoms with Gasteiger partial charge in [0, 0.05) is 6.54 Å². The highest BCUT2D eigenvalue weighted by Gasteiger charge is 2.20. The smallest absolute Gasteiger partial charge is 0.157 e. The van der Waals surface area contributed by atoms with Crippen molar-refractivity contribution in [2.24, 2.45) is 4.99 Å². The normalized spacial score (nSPS) is 17.9. The number of amidine groups is 1. The van der Waals surface area contributed by atoms with Crippen LogP contribution in [0.4, 0.5) is 0 Å². The van der Waals surface area contributed by atoms with Crippen molar-refractivity contribution in [2.75, 3.05) is 6.54 Å². The van der Waals surface area contributed by atoms with Crippen LogP contribution in [0.2, 0.25) is 0 Å². The van der Waals surface area contributed by atoms with Crippen LogP contribution in [0.3, 0.4) is 0 Å². The maximum Gasteiger partial charge on any atom is 0.157 e. The van der Waals surface area contributed by atoms with E-state index in [9.17, 15) is 0 Å². The number of rotatable bonds is 3. The van der Waals surface area contributed by atoms with Gasteiger partial charge in [0.1, 0.15) is 0 Å². The largest absolute Gasteiger partial charge is 0.361 e. The van der Waals surface area contributed by atoms with Crippen molar-refractivity contribution in [3.8, 4) is 0 Å². The van der Waals surface area contributed by atoms with Crippen molar-refractivity contribution >= 4 is 16.9 Å². The van der Waals surface area contributed by atoms with E-state index in [-0.39, 0.29) is 0 Å². The minimum atomic E-state index is 0.455. The summed E-state index contributed by atoms with van der Waals surface area (Å²) in [5, 5.41) is 4.94. The van der Waals surface area contributed by atoms with Crippen LogP contribution in [0.25, 0.3) is 0 Å². The summed E-state index contributed by atoms with van der Waals surface area (Å²) in [5.41, 5.74) is 3.95. The number of hydrogen-bond donors (Lipinski definition) is 1. The molecular formula is C17H18N2S. The molecule has 0 bridgehead atoms. The summed E-state index contributed by atoms with van der Waals surface area (Å²) in [6.45, 7) is 3.82. The molecule has 1 atom stereocenters. The summed E-state index contributed by atoms with van der Waals surface area (Å²) >= 11 is 1.83. The summed E-state index contributed by atoms with van der Waals surface area (Å²) in [7, 11) is 0. The predicted octanol–water partition coefficient (Wildman–Crippen LogP) is 3.93. The van der Waals surface area contributed by atoms with E-state index in [0.717, 1.165) is 18.3 Å². The van der Waals surface area contributed by atoms with E-state index in [1.54, 1.807) is 0 Å². The first-order valence-corrected chi connectivity index (χ1v) is 7.75. The van der Waals surface area contributed by atoms with E-state index in [0.29, 0.717) is 5.25 Å². The van der Waals surface area contributed by atoms with Gasteiger partial charge in [-0.3, -0.25) is 4.99 Å². The van der Waals surface area contributed by atoms with Crippen molar-refractivity contribution in [3.05, 3.63) is 71.3 Å². The monoisotopic (exact) mass is 282 g/mol. The van der Waals surface area contributed by atoms with Crippen molar-refractivity contribution < 1.29 is 0 Å². The van der Waals surface area contributed by atoms with Gasteiger partial charge >= 0.3 is 0 Å². The van der Waals surface area contributed by atoms with Crippen LogP contribution in [0, 0.1) is 6.92 Å². The number of nitrogens with zero attached hydrogens (tertiary/aromatic N) is 1. The lowest BCUT2D eigenvalue weighted by atomic mass is 10.1. The van der Waals surface area contributed by atoms with Gasteiger partial charge in [-0.2, -0.15) is 0 Å². The van der Waals surface area contributed by atoms with Crippen LogP contribution in [-0.4, -0.2) is 11.7 Å². The second-order valence-corrected chi connectivity index (χ2v) is 6.19. The molecule has 3 heteroatoms. The Morgan fingerprint density at radius 2 is 1.85 bits per heavy atom. The number of benzene rings is 2. The number of aryl methyl sites for hydroxylation is 1. The van der Waals surface area contributed by atoms with Gasteiger partial charge in [-0.15, -0.1) is 0 Å². The standard InChI is InChI=1S/C17H18N2S/c1-13-7-9-14(10-8-13)11-18-17-19-12-16(20-17)15-5-3-2-4-6-15/h2-10,16H,11-12H2,1H3,(H,18,19). The zero-order valence-corrected chi connectivity index (χ0v) is 12.4. The molecule has 2 aromatic carbocycles. The Morgan fingerprint density at radius 1 is 1.10 bits per heavy atom. The molecule has 1 unspecified atom stereocenters. The van der Waals surface area contributed by atoms with Crippen LogP contribution >= 0.6 is 11.8 Å². The quantitative estimate of drug-likeness (QED) is 0.922. The van der Waals surface area contributed by atoms with Crippen LogP contribution in [0.5, 0.6) is 0 Å². The molecule has 0 saturated heterocycles. The van der Waals surface area contributed by atoms with Crippen LogP contribution in [0.15, 0.2) is 59.6 Å². The summed E-state index contributed by atoms with van der Waals surface area (Å²) in [6.07, 6.45) is 0. The molecule has 1 aliphatic rings. The highest BCUT2D eigenvalue weighted by Crippen LogP contribution is 2.34. The summed E-state index contributed by atoms with van der Waals surface area (Å²) in [4.78, 5) is 4.59. The fourth-order valence-corrected chi connectivity index (χ4v) is 3.21. The van der Waals surface area contributed by atoms with Gasteiger partial charge in [-0.25, -0.2) is 0 Å². The number of thioether (sulfide) groups is 1. The second-order valence-electron chi connectivity index (χ2n) is 5.00. The van der Waals surface area contributed by atoms with Gasteiger partial charge in [-0.05, 0) is 18.1 Å². The summed E-state index contributed by atoms with van der Waals surface area (Å²) in [5.74, 6) is 0. The van der Waals surface area contributed by atoms with Crippen molar-refractivity contribution in [1.82, 2.24) is 5.32 Å². The van der Waals surface area contributed by atoms with Gasteiger partial charge in [0.2, 0.25) is 0 Å². The Morgan fingerprint density at radius 3 is 2.60 bits per heavy atom. The van der Waals surface area contributed by atoms with Crippen molar-refractivity contribution in [2.45, 2.75) is 18.7 Å². The van der Waals surface area contributed by atoms with Gasteiger partial charge < -0.3 is 5.32 Å². The molecule has 3 rings (SSSR count). The molecule has 0 aromatic heterocycles. The molecule has 20 heavy (non-hydrogen) atoms. The number of nitrogens with one attached hydrogen (secondary N) is 1. The number of hydrogen-bond acceptors (Lipinski definition) is 3. The Hall–Kier alpha value is -1.74. The lowest BCUT2D eigenvalue weighted by Crippen LogP contribution is -2.18. The Labute approximate surface area is 124 Å². The molecule has 102 valence electrons. The molecule has 0 amide bonds. The maximum atomic E-state index is 4.59. The third-order valence-corrected chi connectivity index (χ3v) is 4.59. The molecule has 0 radical (unpaired) electrons.